The maximum atomic E-state index is 12.1. The molecule has 2 rings (SSSR count). The number of rotatable bonds is 4. The molecule has 0 radical (unpaired) electrons. The lowest BCUT2D eigenvalue weighted by Crippen LogP contribution is -2.14. The number of para-hydroxylation sites is 1. The van der Waals surface area contributed by atoms with Gasteiger partial charge in [-0.3, -0.25) is 9.82 Å². The summed E-state index contributed by atoms with van der Waals surface area (Å²) in [6, 6.07) is 6.57. The lowest BCUT2D eigenvalue weighted by molar-refractivity contribution is 0.417. The number of aromatic nitrogens is 2. The Labute approximate surface area is 109 Å². The Hall–Kier alpha value is -2.53. The topological polar surface area (TPSA) is 108 Å². The van der Waals surface area contributed by atoms with Crippen molar-refractivity contribution in [2.45, 2.75) is 4.90 Å². The predicted octanol–water partition coefficient (Wildman–Crippen LogP) is 1.09. The van der Waals surface area contributed by atoms with Crippen LogP contribution in [0.3, 0.4) is 0 Å². The predicted molar refractivity (Wildman–Crippen MR) is 67.1 cm³/mol. The molecule has 2 aromatic rings. The standard InChI is InChI=1S/C11H10N4O3S/c1-18-10-4-2-3-8(5-12)11(10)15-19(16,17)9-6-13-14-7-9/h2-4,6-7,15H,1H3,(H,13,14). The number of nitrogens with one attached hydrogen (secondary N) is 2. The van der Waals surface area contributed by atoms with Gasteiger partial charge >= 0.3 is 0 Å². The van der Waals surface area contributed by atoms with Gasteiger partial charge in [0.2, 0.25) is 0 Å². The van der Waals surface area contributed by atoms with Crippen molar-refractivity contribution in [3.05, 3.63) is 36.2 Å². The molecule has 0 saturated heterocycles. The van der Waals surface area contributed by atoms with E-state index in [1.807, 2.05) is 6.07 Å². The summed E-state index contributed by atoms with van der Waals surface area (Å²) in [4.78, 5) is -0.0257. The molecule has 1 aromatic carbocycles. The van der Waals surface area contributed by atoms with Gasteiger partial charge in [0.05, 0.1) is 18.9 Å². The molecule has 98 valence electrons. The van der Waals surface area contributed by atoms with E-state index < -0.39 is 10.0 Å². The van der Waals surface area contributed by atoms with Crippen LogP contribution < -0.4 is 9.46 Å². The highest BCUT2D eigenvalue weighted by atomic mass is 32.2. The highest BCUT2D eigenvalue weighted by Crippen LogP contribution is 2.29. The van der Waals surface area contributed by atoms with Gasteiger partial charge in [-0.05, 0) is 12.1 Å². The van der Waals surface area contributed by atoms with Crippen LogP contribution in [0, 0.1) is 11.3 Å². The largest absolute Gasteiger partial charge is 0.495 e. The van der Waals surface area contributed by atoms with Crippen LogP contribution in [0.2, 0.25) is 0 Å². The van der Waals surface area contributed by atoms with E-state index in [2.05, 4.69) is 14.9 Å². The fraction of sp³-hybridized carbons (Fsp3) is 0.0909. The number of hydrogen-bond acceptors (Lipinski definition) is 5. The Morgan fingerprint density at radius 2 is 2.26 bits per heavy atom. The maximum absolute atomic E-state index is 12.1. The Morgan fingerprint density at radius 1 is 1.47 bits per heavy atom. The maximum Gasteiger partial charge on any atom is 0.265 e. The van der Waals surface area contributed by atoms with Crippen LogP contribution in [0.5, 0.6) is 5.75 Å². The highest BCUT2D eigenvalue weighted by Gasteiger charge is 2.19. The molecular weight excluding hydrogens is 268 g/mol. The van der Waals surface area contributed by atoms with E-state index in [1.165, 1.54) is 25.6 Å². The van der Waals surface area contributed by atoms with Crippen molar-refractivity contribution < 1.29 is 13.2 Å². The third-order valence-corrected chi connectivity index (χ3v) is 3.70. The molecule has 19 heavy (non-hydrogen) atoms. The van der Waals surface area contributed by atoms with E-state index in [0.717, 1.165) is 0 Å². The van der Waals surface area contributed by atoms with Gasteiger partial charge < -0.3 is 4.74 Å². The average Bonchev–Trinajstić information content (AvgIpc) is 2.93. The van der Waals surface area contributed by atoms with Crippen molar-refractivity contribution >= 4 is 15.7 Å². The van der Waals surface area contributed by atoms with Gasteiger partial charge in [-0.25, -0.2) is 8.42 Å². The summed E-state index contributed by atoms with van der Waals surface area (Å²) in [5.41, 5.74) is 0.278. The molecule has 2 N–H and O–H groups in total. The van der Waals surface area contributed by atoms with Crippen molar-refractivity contribution in [3.63, 3.8) is 0 Å². The molecule has 0 aliphatic heterocycles. The van der Waals surface area contributed by atoms with E-state index in [9.17, 15) is 8.42 Å². The number of benzene rings is 1. The van der Waals surface area contributed by atoms with Gasteiger partial charge in [0.1, 0.15) is 22.4 Å². The monoisotopic (exact) mass is 278 g/mol. The van der Waals surface area contributed by atoms with Crippen LogP contribution in [-0.2, 0) is 10.0 Å². The minimum Gasteiger partial charge on any atom is -0.495 e. The fourth-order valence-electron chi connectivity index (χ4n) is 1.48. The first-order valence-electron chi connectivity index (χ1n) is 5.17. The molecule has 0 amide bonds. The number of nitriles is 1. The first kappa shape index (κ1) is 12.9. The number of anilines is 1. The molecular formula is C11H10N4O3S. The third-order valence-electron chi connectivity index (χ3n) is 2.39. The van der Waals surface area contributed by atoms with Crippen LogP contribution in [-0.4, -0.2) is 25.7 Å². The Kier molecular flexibility index (Phi) is 3.39. The smallest absolute Gasteiger partial charge is 0.265 e. The van der Waals surface area contributed by atoms with E-state index in [0.29, 0.717) is 0 Å². The van der Waals surface area contributed by atoms with Crippen LogP contribution in [0.25, 0.3) is 0 Å². The summed E-state index contributed by atoms with van der Waals surface area (Å²) < 4.78 is 31.5. The summed E-state index contributed by atoms with van der Waals surface area (Å²) in [7, 11) is -2.42. The molecule has 0 atom stereocenters. The van der Waals surface area contributed by atoms with Gasteiger partial charge in [0.25, 0.3) is 10.0 Å². The van der Waals surface area contributed by atoms with Crippen LogP contribution >= 0.6 is 0 Å². The molecule has 1 aromatic heterocycles. The van der Waals surface area contributed by atoms with E-state index >= 15 is 0 Å². The van der Waals surface area contributed by atoms with Crippen molar-refractivity contribution in [1.29, 1.82) is 5.26 Å². The van der Waals surface area contributed by atoms with Crippen molar-refractivity contribution in [3.8, 4) is 11.8 Å². The minimum atomic E-state index is -3.81. The van der Waals surface area contributed by atoms with Gasteiger partial charge in [-0.2, -0.15) is 10.4 Å². The molecule has 0 aliphatic carbocycles. The molecule has 0 saturated carbocycles. The summed E-state index contributed by atoms with van der Waals surface area (Å²) in [6.07, 6.45) is 2.41. The van der Waals surface area contributed by atoms with Crippen molar-refractivity contribution in [2.75, 3.05) is 11.8 Å². The highest BCUT2D eigenvalue weighted by molar-refractivity contribution is 7.92. The summed E-state index contributed by atoms with van der Waals surface area (Å²) >= 11 is 0. The number of aromatic amines is 1. The second-order valence-electron chi connectivity index (χ2n) is 3.53. The molecule has 0 aliphatic rings. The lowest BCUT2D eigenvalue weighted by atomic mass is 10.2. The number of H-pyrrole nitrogens is 1. The van der Waals surface area contributed by atoms with Gasteiger partial charge in [-0.1, -0.05) is 6.07 Å². The second kappa shape index (κ2) is 4.99. The molecule has 0 bridgehead atoms. The quantitative estimate of drug-likeness (QED) is 0.870. The number of methoxy groups -OCH3 is 1. The first-order chi connectivity index (χ1) is 9.08. The zero-order chi connectivity index (χ0) is 13.9. The molecule has 8 heteroatoms. The van der Waals surface area contributed by atoms with Crippen molar-refractivity contribution in [2.24, 2.45) is 0 Å². The number of hydrogen-bond donors (Lipinski definition) is 2. The van der Waals surface area contributed by atoms with Crippen LogP contribution in [0.4, 0.5) is 5.69 Å². The van der Waals surface area contributed by atoms with Gasteiger partial charge in [0.15, 0.2) is 0 Å². The van der Waals surface area contributed by atoms with Gasteiger partial charge in [0, 0.05) is 6.20 Å². The first-order valence-corrected chi connectivity index (χ1v) is 6.65. The third kappa shape index (κ3) is 2.51. The Bertz CT molecular complexity index is 717. The molecule has 0 fully saturated rings. The summed E-state index contributed by atoms with van der Waals surface area (Å²) in [6.45, 7) is 0. The molecule has 7 nitrogen and oxygen atoms in total. The lowest BCUT2D eigenvalue weighted by Gasteiger charge is -2.11. The van der Waals surface area contributed by atoms with E-state index in [4.69, 9.17) is 10.00 Å². The Morgan fingerprint density at radius 3 is 2.84 bits per heavy atom. The number of sulfonamides is 1. The Balaban J connectivity index is 2.47. The molecule has 1 heterocycles. The molecule has 0 unspecified atom stereocenters. The van der Waals surface area contributed by atoms with Crippen LogP contribution in [0.1, 0.15) is 5.56 Å². The minimum absolute atomic E-state index is 0.0257. The molecule has 0 spiro atoms. The normalized spacial score (nSPS) is 10.7. The SMILES string of the molecule is COc1cccc(C#N)c1NS(=O)(=O)c1cn[nH]c1. The zero-order valence-electron chi connectivity index (χ0n) is 9.91. The number of ether oxygens (including phenoxy) is 1. The zero-order valence-corrected chi connectivity index (χ0v) is 10.7. The van der Waals surface area contributed by atoms with Gasteiger partial charge in [-0.15, -0.1) is 0 Å². The van der Waals surface area contributed by atoms with Crippen LogP contribution in [0.15, 0.2) is 35.5 Å². The number of nitrogens with zero attached hydrogens (tertiary/aromatic N) is 2. The summed E-state index contributed by atoms with van der Waals surface area (Å²) in [5, 5.41) is 15.0. The summed E-state index contributed by atoms with van der Waals surface area (Å²) in [5.74, 6) is 0.270. The average molecular weight is 278 g/mol. The second-order valence-corrected chi connectivity index (χ2v) is 5.22. The van der Waals surface area contributed by atoms with Crippen molar-refractivity contribution in [1.82, 2.24) is 10.2 Å². The van der Waals surface area contributed by atoms with E-state index in [-0.39, 0.29) is 21.9 Å². The van der Waals surface area contributed by atoms with E-state index in [1.54, 1.807) is 12.1 Å². The fourth-order valence-corrected chi connectivity index (χ4v) is 2.48.